The number of nitro groups is 1. The van der Waals surface area contributed by atoms with E-state index < -0.39 is 34.0 Å². The maximum absolute atomic E-state index is 15.1. The summed E-state index contributed by atoms with van der Waals surface area (Å²) in [5.41, 5.74) is 0.776. The van der Waals surface area contributed by atoms with Crippen LogP contribution in [-0.2, 0) is 25.6 Å². The summed E-state index contributed by atoms with van der Waals surface area (Å²) in [5.74, 6) is -3.63. The number of non-ortho nitro benzene ring substituents is 1. The number of nitrogens with zero attached hydrogens (tertiary/aromatic N) is 2. The van der Waals surface area contributed by atoms with E-state index in [4.69, 9.17) is 9.47 Å². The molecule has 3 rings (SSSR count). The van der Waals surface area contributed by atoms with Crippen LogP contribution in [0.1, 0.15) is 44.7 Å². The molecule has 39 heavy (non-hydrogen) atoms. The van der Waals surface area contributed by atoms with Gasteiger partial charge in [-0.15, -0.1) is 0 Å². The molecule has 0 aromatic heterocycles. The fourth-order valence-corrected chi connectivity index (χ4v) is 4.89. The second kappa shape index (κ2) is 12.2. The van der Waals surface area contributed by atoms with Crippen molar-refractivity contribution in [1.82, 2.24) is 10.2 Å². The van der Waals surface area contributed by atoms with E-state index in [9.17, 15) is 19.7 Å². The lowest BCUT2D eigenvalue weighted by atomic mass is 9.80. The van der Waals surface area contributed by atoms with Gasteiger partial charge in [0.2, 0.25) is 0 Å². The van der Waals surface area contributed by atoms with Crippen LogP contribution in [0.5, 0.6) is 0 Å². The number of allylic oxidation sites excluding steroid dienone is 2. The number of nitrogens with one attached hydrogen (secondary N) is 1. The molecule has 1 N–H and O–H groups in total. The first-order valence-electron chi connectivity index (χ1n) is 12.4. The van der Waals surface area contributed by atoms with Crippen LogP contribution in [0.15, 0.2) is 71.1 Å². The largest absolute Gasteiger partial charge is 0.466 e. The van der Waals surface area contributed by atoms with Crippen LogP contribution < -0.4 is 5.32 Å². The highest BCUT2D eigenvalue weighted by atomic mass is 19.1. The van der Waals surface area contributed by atoms with Crippen molar-refractivity contribution in [2.75, 3.05) is 27.3 Å². The Labute approximate surface area is 227 Å². The monoisotopic (exact) mass is 539 g/mol. The zero-order chi connectivity index (χ0) is 28.9. The summed E-state index contributed by atoms with van der Waals surface area (Å²) in [5, 5.41) is 14.4. The van der Waals surface area contributed by atoms with Gasteiger partial charge in [-0.25, -0.2) is 14.0 Å². The highest BCUT2D eigenvalue weighted by Crippen LogP contribution is 2.41. The molecule has 1 aliphatic heterocycles. The maximum Gasteiger partial charge on any atom is 0.336 e. The minimum absolute atomic E-state index is 0.0196. The number of halogens is 1. The number of carbonyl (C=O) groups is 2. The summed E-state index contributed by atoms with van der Waals surface area (Å²) < 4.78 is 25.8. The lowest BCUT2D eigenvalue weighted by molar-refractivity contribution is -0.385. The number of nitro benzene ring substituents is 1. The summed E-state index contributed by atoms with van der Waals surface area (Å²) in [6.45, 7) is 8.49. The molecule has 0 amide bonds. The van der Waals surface area contributed by atoms with Gasteiger partial charge in [-0.1, -0.05) is 44.2 Å². The van der Waals surface area contributed by atoms with Crippen molar-refractivity contribution in [3.05, 3.63) is 98.1 Å². The number of rotatable bonds is 10. The number of carbonyl (C=O) groups excluding carboxylic acids is 2. The molecule has 1 atom stereocenters. The molecule has 2 aromatic rings. The summed E-state index contributed by atoms with van der Waals surface area (Å²) in [7, 11) is 3.15. The molecule has 0 unspecified atom stereocenters. The van der Waals surface area contributed by atoms with Gasteiger partial charge in [-0.2, -0.15) is 0 Å². The van der Waals surface area contributed by atoms with Gasteiger partial charge in [-0.3, -0.25) is 10.1 Å². The van der Waals surface area contributed by atoms with Crippen molar-refractivity contribution in [2.24, 2.45) is 5.41 Å². The van der Waals surface area contributed by atoms with Crippen molar-refractivity contribution in [1.29, 1.82) is 0 Å². The van der Waals surface area contributed by atoms with Gasteiger partial charge < -0.3 is 19.7 Å². The van der Waals surface area contributed by atoms with E-state index in [1.807, 2.05) is 51.2 Å². The Morgan fingerprint density at radius 3 is 2.28 bits per heavy atom. The standard InChI is InChI=1S/C29H34FN3O6/c1-18-24(27(34)38-6)26(22-14-21(33(36)37)12-13-23(22)30)25(19(2)31-18)28(35)39-17-29(3,4)16-32(5)15-20-10-8-7-9-11-20/h7-14,26,31H,15-17H2,1-6H3/t26-/m0/s1. The van der Waals surface area contributed by atoms with Gasteiger partial charge in [-0.05, 0) is 32.5 Å². The van der Waals surface area contributed by atoms with Gasteiger partial charge in [0.1, 0.15) is 5.82 Å². The fourth-order valence-electron chi connectivity index (χ4n) is 4.89. The molecule has 0 bridgehead atoms. The predicted molar refractivity (Wildman–Crippen MR) is 144 cm³/mol. The number of hydrogen-bond acceptors (Lipinski definition) is 8. The molecule has 1 aliphatic rings. The highest BCUT2D eigenvalue weighted by molar-refractivity contribution is 6.00. The van der Waals surface area contributed by atoms with Gasteiger partial charge >= 0.3 is 11.9 Å². The van der Waals surface area contributed by atoms with Crippen LogP contribution in [-0.4, -0.2) is 49.1 Å². The van der Waals surface area contributed by atoms with Crippen LogP contribution in [0.3, 0.4) is 0 Å². The lowest BCUT2D eigenvalue weighted by Gasteiger charge is -2.32. The number of dihydropyridines is 1. The normalized spacial score (nSPS) is 15.7. The molecule has 0 fully saturated rings. The van der Waals surface area contributed by atoms with E-state index in [2.05, 4.69) is 10.2 Å². The van der Waals surface area contributed by atoms with E-state index in [-0.39, 0.29) is 29.0 Å². The fraction of sp³-hybridized carbons (Fsp3) is 0.379. The predicted octanol–water partition coefficient (Wildman–Crippen LogP) is 4.84. The SMILES string of the molecule is COC(=O)C1=C(C)NC(C)=C(C(=O)OCC(C)(C)CN(C)Cc2ccccc2)[C@H]1c1cc([N+](=O)[O-])ccc1F. The third-order valence-electron chi connectivity index (χ3n) is 6.47. The van der Waals surface area contributed by atoms with Crippen LogP contribution in [0, 0.1) is 21.3 Å². The molecule has 0 saturated carbocycles. The Morgan fingerprint density at radius 1 is 1.08 bits per heavy atom. The Kier molecular flexibility index (Phi) is 9.24. The number of benzene rings is 2. The van der Waals surface area contributed by atoms with E-state index in [0.29, 0.717) is 24.5 Å². The highest BCUT2D eigenvalue weighted by Gasteiger charge is 2.40. The van der Waals surface area contributed by atoms with E-state index in [0.717, 1.165) is 23.8 Å². The second-order valence-electron chi connectivity index (χ2n) is 10.5. The Hall–Kier alpha value is -4.05. The smallest absolute Gasteiger partial charge is 0.336 e. The molecule has 0 aliphatic carbocycles. The van der Waals surface area contributed by atoms with E-state index in [1.54, 1.807) is 13.8 Å². The average molecular weight is 540 g/mol. The zero-order valence-corrected chi connectivity index (χ0v) is 23.0. The number of methoxy groups -OCH3 is 1. The van der Waals surface area contributed by atoms with Crippen LogP contribution in [0.25, 0.3) is 0 Å². The second-order valence-corrected chi connectivity index (χ2v) is 10.5. The molecule has 10 heteroatoms. The molecule has 0 saturated heterocycles. The van der Waals surface area contributed by atoms with Crippen molar-refractivity contribution in [3.63, 3.8) is 0 Å². The van der Waals surface area contributed by atoms with Crippen molar-refractivity contribution < 1.29 is 28.4 Å². The third-order valence-corrected chi connectivity index (χ3v) is 6.47. The molecule has 0 radical (unpaired) electrons. The van der Waals surface area contributed by atoms with Crippen molar-refractivity contribution >= 4 is 17.6 Å². The van der Waals surface area contributed by atoms with Gasteiger partial charge in [0, 0.05) is 47.6 Å². The first kappa shape index (κ1) is 29.5. The summed E-state index contributed by atoms with van der Waals surface area (Å²) in [6.07, 6.45) is 0. The van der Waals surface area contributed by atoms with Gasteiger partial charge in [0.05, 0.1) is 35.7 Å². The van der Waals surface area contributed by atoms with Crippen LogP contribution >= 0.6 is 0 Å². The molecule has 208 valence electrons. The Balaban J connectivity index is 1.89. The number of esters is 2. The molecule has 0 spiro atoms. The Bertz CT molecular complexity index is 1320. The maximum atomic E-state index is 15.1. The first-order chi connectivity index (χ1) is 18.3. The van der Waals surface area contributed by atoms with Gasteiger partial charge in [0.15, 0.2) is 0 Å². The topological polar surface area (TPSA) is 111 Å². The summed E-state index contributed by atoms with van der Waals surface area (Å²) >= 11 is 0. The summed E-state index contributed by atoms with van der Waals surface area (Å²) in [4.78, 5) is 39.2. The lowest BCUT2D eigenvalue weighted by Crippen LogP contribution is -2.37. The van der Waals surface area contributed by atoms with E-state index in [1.165, 1.54) is 7.11 Å². The summed E-state index contributed by atoms with van der Waals surface area (Å²) in [6, 6.07) is 13.0. The Morgan fingerprint density at radius 2 is 1.69 bits per heavy atom. The molecule has 2 aromatic carbocycles. The quantitative estimate of drug-likeness (QED) is 0.259. The molecule has 1 heterocycles. The molecular weight excluding hydrogens is 505 g/mol. The first-order valence-corrected chi connectivity index (χ1v) is 12.4. The van der Waals surface area contributed by atoms with Crippen molar-refractivity contribution in [3.8, 4) is 0 Å². The van der Waals surface area contributed by atoms with Crippen LogP contribution in [0.2, 0.25) is 0 Å². The molecule has 9 nitrogen and oxygen atoms in total. The van der Waals surface area contributed by atoms with Gasteiger partial charge in [0.25, 0.3) is 5.69 Å². The average Bonchev–Trinajstić information content (AvgIpc) is 2.87. The minimum Gasteiger partial charge on any atom is -0.466 e. The molecular formula is C29H34FN3O6. The van der Waals surface area contributed by atoms with Crippen LogP contribution in [0.4, 0.5) is 10.1 Å². The zero-order valence-electron chi connectivity index (χ0n) is 23.0. The number of hydrogen-bond donors (Lipinski definition) is 1. The third kappa shape index (κ3) is 7.08. The van der Waals surface area contributed by atoms with E-state index >= 15 is 4.39 Å². The van der Waals surface area contributed by atoms with Crippen molar-refractivity contribution in [2.45, 2.75) is 40.2 Å². The minimum atomic E-state index is -1.27. The number of ether oxygens (including phenoxy) is 2.